The van der Waals surface area contributed by atoms with Gasteiger partial charge in [-0.3, -0.25) is 0 Å². The summed E-state index contributed by atoms with van der Waals surface area (Å²) in [4.78, 5) is 2.88. The van der Waals surface area contributed by atoms with Crippen molar-refractivity contribution in [3.8, 4) is 5.75 Å². The molecule has 0 unspecified atom stereocenters. The SMILES string of the molecule is FC(F)(F)Oc1cccc2c(C3CC3)c[nH]c12. The van der Waals surface area contributed by atoms with Gasteiger partial charge in [0.05, 0.1) is 5.52 Å². The summed E-state index contributed by atoms with van der Waals surface area (Å²) >= 11 is 0. The molecule has 3 rings (SSSR count). The van der Waals surface area contributed by atoms with Gasteiger partial charge in [-0.1, -0.05) is 12.1 Å². The van der Waals surface area contributed by atoms with E-state index in [1.807, 2.05) is 6.07 Å². The van der Waals surface area contributed by atoms with E-state index in [9.17, 15) is 13.2 Å². The third-order valence-electron chi connectivity index (χ3n) is 2.95. The van der Waals surface area contributed by atoms with Crippen LogP contribution in [0.2, 0.25) is 0 Å². The summed E-state index contributed by atoms with van der Waals surface area (Å²) in [6, 6.07) is 4.73. The van der Waals surface area contributed by atoms with Crippen molar-refractivity contribution in [2.75, 3.05) is 0 Å². The van der Waals surface area contributed by atoms with E-state index in [2.05, 4.69) is 9.72 Å². The zero-order valence-electron chi connectivity index (χ0n) is 8.84. The second-order valence-corrected chi connectivity index (χ2v) is 4.24. The lowest BCUT2D eigenvalue weighted by Gasteiger charge is -2.09. The molecule has 2 aromatic rings. The minimum atomic E-state index is -4.65. The number of para-hydroxylation sites is 1. The Labute approximate surface area is 95.4 Å². The molecule has 0 atom stereocenters. The maximum absolute atomic E-state index is 12.2. The minimum Gasteiger partial charge on any atom is -0.404 e. The van der Waals surface area contributed by atoms with Gasteiger partial charge < -0.3 is 9.72 Å². The number of alkyl halides is 3. The Morgan fingerprint density at radius 1 is 1.24 bits per heavy atom. The third-order valence-corrected chi connectivity index (χ3v) is 2.95. The molecule has 1 aromatic heterocycles. The number of aromatic amines is 1. The van der Waals surface area contributed by atoms with Crippen LogP contribution in [0.25, 0.3) is 10.9 Å². The van der Waals surface area contributed by atoms with Crippen molar-refractivity contribution >= 4 is 10.9 Å². The van der Waals surface area contributed by atoms with Gasteiger partial charge in [-0.25, -0.2) is 0 Å². The van der Waals surface area contributed by atoms with Gasteiger partial charge in [0, 0.05) is 11.6 Å². The molecule has 1 aromatic carbocycles. The molecule has 1 aliphatic carbocycles. The summed E-state index contributed by atoms with van der Waals surface area (Å²) in [6.07, 6.45) is -0.653. The highest BCUT2D eigenvalue weighted by Gasteiger charge is 2.33. The molecule has 1 saturated carbocycles. The van der Waals surface area contributed by atoms with E-state index < -0.39 is 6.36 Å². The molecule has 0 aliphatic heterocycles. The van der Waals surface area contributed by atoms with E-state index in [0.29, 0.717) is 11.4 Å². The van der Waals surface area contributed by atoms with E-state index in [1.165, 1.54) is 6.07 Å². The topological polar surface area (TPSA) is 25.0 Å². The molecule has 0 bridgehead atoms. The predicted molar refractivity (Wildman–Crippen MR) is 57.0 cm³/mol. The average Bonchev–Trinajstić information content (AvgIpc) is 2.97. The number of H-pyrrole nitrogens is 1. The molecule has 90 valence electrons. The standard InChI is InChI=1S/C12H10F3NO/c13-12(14,15)17-10-3-1-2-8-9(7-4-5-7)6-16-11(8)10/h1-3,6-7,16H,4-5H2. The van der Waals surface area contributed by atoms with Crippen LogP contribution in [0.3, 0.4) is 0 Å². The minimum absolute atomic E-state index is 0.165. The van der Waals surface area contributed by atoms with Crippen LogP contribution in [0.5, 0.6) is 5.75 Å². The molecule has 5 heteroatoms. The van der Waals surface area contributed by atoms with Crippen LogP contribution in [0.4, 0.5) is 13.2 Å². The quantitative estimate of drug-likeness (QED) is 0.846. The smallest absolute Gasteiger partial charge is 0.404 e. The zero-order valence-corrected chi connectivity index (χ0v) is 8.84. The zero-order chi connectivity index (χ0) is 12.0. The molecule has 2 nitrogen and oxygen atoms in total. The number of benzene rings is 1. The second-order valence-electron chi connectivity index (χ2n) is 4.24. The summed E-state index contributed by atoms with van der Waals surface area (Å²) < 4.78 is 40.6. The maximum Gasteiger partial charge on any atom is 0.573 e. The lowest BCUT2D eigenvalue weighted by molar-refractivity contribution is -0.274. The van der Waals surface area contributed by atoms with Gasteiger partial charge in [-0.2, -0.15) is 0 Å². The molecule has 0 saturated heterocycles. The largest absolute Gasteiger partial charge is 0.573 e. The van der Waals surface area contributed by atoms with Crippen LogP contribution in [0.1, 0.15) is 24.3 Å². The van der Waals surface area contributed by atoms with E-state index in [-0.39, 0.29) is 5.75 Å². The van der Waals surface area contributed by atoms with Gasteiger partial charge in [0.2, 0.25) is 0 Å². The average molecular weight is 241 g/mol. The molecular weight excluding hydrogens is 231 g/mol. The van der Waals surface area contributed by atoms with Crippen molar-refractivity contribution in [3.63, 3.8) is 0 Å². The van der Waals surface area contributed by atoms with Crippen LogP contribution in [0.15, 0.2) is 24.4 Å². The predicted octanol–water partition coefficient (Wildman–Crippen LogP) is 3.94. The Morgan fingerprint density at radius 3 is 2.65 bits per heavy atom. The Kier molecular flexibility index (Phi) is 2.11. The molecule has 0 radical (unpaired) electrons. The highest BCUT2D eigenvalue weighted by Crippen LogP contribution is 2.44. The fraction of sp³-hybridized carbons (Fsp3) is 0.333. The lowest BCUT2D eigenvalue weighted by Crippen LogP contribution is -2.17. The first-order valence-electron chi connectivity index (χ1n) is 5.40. The number of nitrogens with one attached hydrogen (secondary N) is 1. The number of ether oxygens (including phenoxy) is 1. The summed E-state index contributed by atoms with van der Waals surface area (Å²) in [5, 5.41) is 0.828. The van der Waals surface area contributed by atoms with Gasteiger partial charge in [0.1, 0.15) is 0 Å². The number of rotatable bonds is 2. The number of fused-ring (bicyclic) bond motifs is 1. The van der Waals surface area contributed by atoms with Crippen LogP contribution < -0.4 is 4.74 Å². The summed E-state index contributed by atoms with van der Waals surface area (Å²) in [6.45, 7) is 0. The number of halogens is 3. The van der Waals surface area contributed by atoms with Crippen molar-refractivity contribution in [2.24, 2.45) is 0 Å². The molecule has 1 N–H and O–H groups in total. The number of hydrogen-bond donors (Lipinski definition) is 1. The molecular formula is C12H10F3NO. The maximum atomic E-state index is 12.2. The molecule has 1 heterocycles. The third kappa shape index (κ3) is 1.97. The molecule has 17 heavy (non-hydrogen) atoms. The first-order valence-corrected chi connectivity index (χ1v) is 5.40. The van der Waals surface area contributed by atoms with E-state index in [0.717, 1.165) is 23.8 Å². The fourth-order valence-corrected chi connectivity index (χ4v) is 2.09. The Morgan fingerprint density at radius 2 is 2.00 bits per heavy atom. The van der Waals surface area contributed by atoms with Gasteiger partial charge in [0.25, 0.3) is 0 Å². The van der Waals surface area contributed by atoms with Gasteiger partial charge in [-0.15, -0.1) is 13.2 Å². The van der Waals surface area contributed by atoms with Crippen LogP contribution >= 0.6 is 0 Å². The normalized spacial score (nSPS) is 16.4. The molecule has 1 aliphatic rings. The van der Waals surface area contributed by atoms with Crippen LogP contribution in [-0.4, -0.2) is 11.3 Å². The monoisotopic (exact) mass is 241 g/mol. The van der Waals surface area contributed by atoms with Gasteiger partial charge >= 0.3 is 6.36 Å². The van der Waals surface area contributed by atoms with E-state index in [4.69, 9.17) is 0 Å². The highest BCUT2D eigenvalue weighted by atomic mass is 19.4. The molecule has 0 amide bonds. The summed E-state index contributed by atoms with van der Waals surface area (Å²) in [7, 11) is 0. The second kappa shape index (κ2) is 3.42. The Bertz CT molecular complexity index is 554. The van der Waals surface area contributed by atoms with Crippen molar-refractivity contribution < 1.29 is 17.9 Å². The van der Waals surface area contributed by atoms with Gasteiger partial charge in [0.15, 0.2) is 5.75 Å². The van der Waals surface area contributed by atoms with Crippen LogP contribution in [0, 0.1) is 0 Å². The van der Waals surface area contributed by atoms with Crippen molar-refractivity contribution in [1.82, 2.24) is 4.98 Å². The van der Waals surface area contributed by atoms with E-state index in [1.54, 1.807) is 12.3 Å². The first-order chi connectivity index (χ1) is 8.04. The Hall–Kier alpha value is -1.65. The van der Waals surface area contributed by atoms with Gasteiger partial charge in [-0.05, 0) is 30.4 Å². The van der Waals surface area contributed by atoms with E-state index >= 15 is 0 Å². The lowest BCUT2D eigenvalue weighted by atomic mass is 10.1. The Balaban J connectivity index is 2.07. The van der Waals surface area contributed by atoms with Crippen molar-refractivity contribution in [2.45, 2.75) is 25.1 Å². The van der Waals surface area contributed by atoms with Crippen molar-refractivity contribution in [1.29, 1.82) is 0 Å². The molecule has 1 fully saturated rings. The van der Waals surface area contributed by atoms with Crippen LogP contribution in [-0.2, 0) is 0 Å². The summed E-state index contributed by atoms with van der Waals surface area (Å²) in [5.74, 6) is 0.326. The number of hydrogen-bond acceptors (Lipinski definition) is 1. The highest BCUT2D eigenvalue weighted by molar-refractivity contribution is 5.89. The first kappa shape index (κ1) is 10.5. The fourth-order valence-electron chi connectivity index (χ4n) is 2.09. The van der Waals surface area contributed by atoms with Crippen molar-refractivity contribution in [3.05, 3.63) is 30.0 Å². The summed E-state index contributed by atoms with van der Waals surface area (Å²) in [5.41, 5.74) is 1.51. The number of aromatic nitrogens is 1. The molecule has 0 spiro atoms.